The van der Waals surface area contributed by atoms with Crippen LogP contribution in [-0.2, 0) is 22.0 Å². The highest BCUT2D eigenvalue weighted by molar-refractivity contribution is 7.84. The number of fused-ring (bicyclic) bond motifs is 2. The van der Waals surface area contributed by atoms with Crippen LogP contribution in [0.3, 0.4) is 0 Å². The second-order valence-corrected chi connectivity index (χ2v) is 8.10. The Hall–Kier alpha value is -2.41. The SMILES string of the molecule is COc1cccc2[nH]c(S(=O)Cc3cc4c(cn3)C(C)(C)CO4)nc12. The number of para-hydroxylation sites is 1. The van der Waals surface area contributed by atoms with Crippen LogP contribution in [0.5, 0.6) is 11.5 Å². The number of hydrogen-bond acceptors (Lipinski definition) is 5. The van der Waals surface area contributed by atoms with Gasteiger partial charge in [0.05, 0.1) is 41.5 Å². The summed E-state index contributed by atoms with van der Waals surface area (Å²) in [5.41, 5.74) is 3.27. The van der Waals surface area contributed by atoms with Crippen LogP contribution >= 0.6 is 0 Å². The molecule has 1 N–H and O–H groups in total. The molecule has 0 saturated heterocycles. The van der Waals surface area contributed by atoms with Gasteiger partial charge in [0, 0.05) is 23.2 Å². The van der Waals surface area contributed by atoms with Gasteiger partial charge in [-0.3, -0.25) is 9.19 Å². The maximum Gasteiger partial charge on any atom is 0.197 e. The van der Waals surface area contributed by atoms with E-state index in [4.69, 9.17) is 9.47 Å². The molecule has 1 unspecified atom stereocenters. The number of H-pyrrole nitrogens is 1. The van der Waals surface area contributed by atoms with E-state index in [1.165, 1.54) is 0 Å². The lowest BCUT2D eigenvalue weighted by molar-refractivity contribution is 0.291. The van der Waals surface area contributed by atoms with Crippen molar-refractivity contribution in [3.63, 3.8) is 0 Å². The average molecular weight is 357 g/mol. The summed E-state index contributed by atoms with van der Waals surface area (Å²) < 4.78 is 23.7. The van der Waals surface area contributed by atoms with Gasteiger partial charge >= 0.3 is 0 Å². The van der Waals surface area contributed by atoms with Crippen molar-refractivity contribution < 1.29 is 13.7 Å². The van der Waals surface area contributed by atoms with Crippen molar-refractivity contribution in [2.24, 2.45) is 0 Å². The molecule has 6 nitrogen and oxygen atoms in total. The van der Waals surface area contributed by atoms with E-state index >= 15 is 0 Å². The summed E-state index contributed by atoms with van der Waals surface area (Å²) in [6, 6.07) is 7.46. The topological polar surface area (TPSA) is 77.1 Å². The van der Waals surface area contributed by atoms with Crippen molar-refractivity contribution in [2.75, 3.05) is 13.7 Å². The Labute approximate surface area is 148 Å². The minimum atomic E-state index is -1.33. The molecule has 0 aliphatic carbocycles. The molecule has 2 aromatic heterocycles. The van der Waals surface area contributed by atoms with E-state index < -0.39 is 10.8 Å². The molecule has 0 radical (unpaired) electrons. The van der Waals surface area contributed by atoms with Crippen molar-refractivity contribution in [2.45, 2.75) is 30.2 Å². The largest absolute Gasteiger partial charge is 0.494 e. The van der Waals surface area contributed by atoms with Gasteiger partial charge in [0.1, 0.15) is 17.0 Å². The normalized spacial score (nSPS) is 16.4. The number of hydrogen-bond donors (Lipinski definition) is 1. The van der Waals surface area contributed by atoms with Crippen molar-refractivity contribution in [1.29, 1.82) is 0 Å². The number of nitrogens with zero attached hydrogens (tertiary/aromatic N) is 2. The lowest BCUT2D eigenvalue weighted by Gasteiger charge is -2.14. The first kappa shape index (κ1) is 16.1. The van der Waals surface area contributed by atoms with Gasteiger partial charge in [0.2, 0.25) is 0 Å². The number of pyridine rings is 1. The zero-order valence-electron chi connectivity index (χ0n) is 14.3. The van der Waals surface area contributed by atoms with Crippen molar-refractivity contribution in [1.82, 2.24) is 15.0 Å². The van der Waals surface area contributed by atoms with E-state index in [0.29, 0.717) is 23.0 Å². The van der Waals surface area contributed by atoms with E-state index in [1.807, 2.05) is 30.5 Å². The van der Waals surface area contributed by atoms with Gasteiger partial charge in [0.15, 0.2) is 5.16 Å². The third-order valence-corrected chi connectivity index (χ3v) is 5.59. The van der Waals surface area contributed by atoms with E-state index in [2.05, 4.69) is 28.8 Å². The number of methoxy groups -OCH3 is 1. The molecule has 0 spiro atoms. The second kappa shape index (κ2) is 5.84. The summed E-state index contributed by atoms with van der Waals surface area (Å²) >= 11 is 0. The first-order chi connectivity index (χ1) is 12.0. The first-order valence-electron chi connectivity index (χ1n) is 8.01. The Balaban J connectivity index is 1.61. The predicted molar refractivity (Wildman–Crippen MR) is 95.5 cm³/mol. The van der Waals surface area contributed by atoms with Gasteiger partial charge in [-0.15, -0.1) is 0 Å². The highest BCUT2D eigenvalue weighted by Crippen LogP contribution is 2.38. The minimum absolute atomic E-state index is 0.0324. The molecule has 1 aromatic carbocycles. The van der Waals surface area contributed by atoms with Gasteiger partial charge in [-0.1, -0.05) is 19.9 Å². The zero-order chi connectivity index (χ0) is 17.6. The molecule has 25 heavy (non-hydrogen) atoms. The minimum Gasteiger partial charge on any atom is -0.494 e. The fourth-order valence-electron chi connectivity index (χ4n) is 2.98. The smallest absolute Gasteiger partial charge is 0.197 e. The Kier molecular flexibility index (Phi) is 3.76. The second-order valence-electron chi connectivity index (χ2n) is 6.73. The van der Waals surface area contributed by atoms with Crippen LogP contribution in [0.25, 0.3) is 11.0 Å². The highest BCUT2D eigenvalue weighted by Gasteiger charge is 2.32. The van der Waals surface area contributed by atoms with Gasteiger partial charge in [-0.25, -0.2) is 4.98 Å². The number of aromatic nitrogens is 3. The molecule has 0 bridgehead atoms. The quantitative estimate of drug-likeness (QED) is 0.777. The predicted octanol–water partition coefficient (Wildman–Crippen LogP) is 2.94. The monoisotopic (exact) mass is 357 g/mol. The summed E-state index contributed by atoms with van der Waals surface area (Å²) in [5, 5.41) is 0.419. The fourth-order valence-corrected chi connectivity index (χ4v) is 3.96. The lowest BCUT2D eigenvalue weighted by Crippen LogP contribution is -2.18. The van der Waals surface area contributed by atoms with Crippen molar-refractivity contribution in [3.05, 3.63) is 41.7 Å². The fraction of sp³-hybridized carbons (Fsp3) is 0.333. The van der Waals surface area contributed by atoms with E-state index in [1.54, 1.807) is 7.11 Å². The van der Waals surface area contributed by atoms with Crippen LogP contribution in [0.1, 0.15) is 25.1 Å². The van der Waals surface area contributed by atoms with Crippen LogP contribution < -0.4 is 9.47 Å². The molecule has 1 aliphatic rings. The standard InChI is InChI=1S/C18H19N3O3S/c1-18(2)10-24-15-7-11(19-8-12(15)18)9-25(22)17-20-13-5-4-6-14(23-3)16(13)21-17/h4-8H,9-10H2,1-3H3,(H,20,21). The van der Waals surface area contributed by atoms with Crippen LogP contribution in [0, 0.1) is 0 Å². The van der Waals surface area contributed by atoms with Gasteiger partial charge in [0.25, 0.3) is 0 Å². The molecule has 0 amide bonds. The maximum absolute atomic E-state index is 12.7. The van der Waals surface area contributed by atoms with E-state index in [9.17, 15) is 4.21 Å². The molecule has 3 heterocycles. The number of benzene rings is 1. The first-order valence-corrected chi connectivity index (χ1v) is 9.33. The Morgan fingerprint density at radius 1 is 1.40 bits per heavy atom. The summed E-state index contributed by atoms with van der Waals surface area (Å²) in [4.78, 5) is 12.0. The van der Waals surface area contributed by atoms with Crippen LogP contribution in [0.15, 0.2) is 35.6 Å². The average Bonchev–Trinajstić information content (AvgIpc) is 3.16. The number of ether oxygens (including phenoxy) is 2. The third-order valence-electron chi connectivity index (χ3n) is 4.41. The molecule has 7 heteroatoms. The number of nitrogens with one attached hydrogen (secondary N) is 1. The lowest BCUT2D eigenvalue weighted by atomic mass is 9.88. The number of rotatable bonds is 4. The molecule has 3 aromatic rings. The molecule has 0 saturated carbocycles. The van der Waals surface area contributed by atoms with Gasteiger partial charge < -0.3 is 14.5 Å². The Morgan fingerprint density at radius 2 is 2.24 bits per heavy atom. The summed E-state index contributed by atoms with van der Waals surface area (Å²) in [6.07, 6.45) is 1.83. The molecule has 4 rings (SSSR count). The van der Waals surface area contributed by atoms with Crippen LogP contribution in [0.4, 0.5) is 0 Å². The molecule has 130 valence electrons. The van der Waals surface area contributed by atoms with Gasteiger partial charge in [-0.2, -0.15) is 0 Å². The van der Waals surface area contributed by atoms with Crippen LogP contribution in [-0.4, -0.2) is 32.9 Å². The van der Waals surface area contributed by atoms with Crippen molar-refractivity contribution in [3.8, 4) is 11.5 Å². The van der Waals surface area contributed by atoms with E-state index in [0.717, 1.165) is 22.5 Å². The summed E-state index contributed by atoms with van der Waals surface area (Å²) in [6.45, 7) is 4.89. The number of imidazole rings is 1. The van der Waals surface area contributed by atoms with Crippen LogP contribution in [0.2, 0.25) is 0 Å². The molecular formula is C18H19N3O3S. The molecule has 0 fully saturated rings. The highest BCUT2D eigenvalue weighted by atomic mass is 32.2. The number of aromatic amines is 1. The molecule has 1 atom stereocenters. The Morgan fingerprint density at radius 3 is 3.04 bits per heavy atom. The maximum atomic E-state index is 12.7. The Bertz CT molecular complexity index is 981. The summed E-state index contributed by atoms with van der Waals surface area (Å²) in [5.74, 6) is 1.76. The molecule has 1 aliphatic heterocycles. The molecular weight excluding hydrogens is 338 g/mol. The van der Waals surface area contributed by atoms with E-state index in [-0.39, 0.29) is 11.2 Å². The van der Waals surface area contributed by atoms with Crippen molar-refractivity contribution >= 4 is 21.8 Å². The van der Waals surface area contributed by atoms with Gasteiger partial charge in [-0.05, 0) is 12.1 Å². The third kappa shape index (κ3) is 2.78. The summed E-state index contributed by atoms with van der Waals surface area (Å²) in [7, 11) is 0.260. The zero-order valence-corrected chi connectivity index (χ0v) is 15.1.